The number of fused-ring (bicyclic) bond motifs is 1. The fraction of sp³-hybridized carbons (Fsp3) is 0.115. The Bertz CT molecular complexity index is 1320. The molecule has 0 radical (unpaired) electrons. The van der Waals surface area contributed by atoms with Gasteiger partial charge in [0.25, 0.3) is 23.6 Å². The number of carbonyl (C=O) groups is 5. The molecule has 0 unspecified atom stereocenters. The monoisotopic (exact) mass is 472 g/mol. The molecule has 4 amide bonds. The van der Waals surface area contributed by atoms with Crippen molar-refractivity contribution in [3.63, 3.8) is 0 Å². The van der Waals surface area contributed by atoms with Gasteiger partial charge in [-0.15, -0.1) is 0 Å². The Hall–Kier alpha value is -4.79. The Morgan fingerprint density at radius 2 is 1.51 bits per heavy atom. The highest BCUT2D eigenvalue weighted by Crippen LogP contribution is 2.30. The van der Waals surface area contributed by atoms with E-state index < -0.39 is 36.2 Å². The average Bonchev–Trinajstić information content (AvgIpc) is 3.13. The highest BCUT2D eigenvalue weighted by atomic mass is 16.5. The molecular formula is C26H20N2O7. The second-order valence-corrected chi connectivity index (χ2v) is 7.45. The zero-order valence-corrected chi connectivity index (χ0v) is 18.6. The highest BCUT2D eigenvalue weighted by molar-refractivity contribution is 6.34. The van der Waals surface area contributed by atoms with Crippen molar-refractivity contribution in [3.8, 4) is 5.75 Å². The molecule has 4 rings (SSSR count). The van der Waals surface area contributed by atoms with Gasteiger partial charge in [-0.05, 0) is 61.5 Å². The quantitative estimate of drug-likeness (QED) is 0.415. The summed E-state index contributed by atoms with van der Waals surface area (Å²) in [5.74, 6) is -2.81. The predicted molar refractivity (Wildman–Crippen MR) is 124 cm³/mol. The van der Waals surface area contributed by atoms with Crippen molar-refractivity contribution < 1.29 is 33.4 Å². The first kappa shape index (κ1) is 23.4. The van der Waals surface area contributed by atoms with Crippen molar-refractivity contribution in [1.29, 1.82) is 0 Å². The number of nitrogens with zero attached hydrogens (tertiary/aromatic N) is 1. The number of hydrogen-bond acceptors (Lipinski definition) is 7. The Labute approximate surface area is 200 Å². The number of anilines is 1. The van der Waals surface area contributed by atoms with Gasteiger partial charge in [0.15, 0.2) is 6.61 Å². The normalized spacial score (nSPS) is 12.2. The van der Waals surface area contributed by atoms with Gasteiger partial charge in [-0.2, -0.15) is 0 Å². The van der Waals surface area contributed by atoms with Crippen LogP contribution < -0.4 is 15.0 Å². The van der Waals surface area contributed by atoms with E-state index in [0.717, 1.165) is 4.90 Å². The molecule has 0 bridgehead atoms. The summed E-state index contributed by atoms with van der Waals surface area (Å²) in [5.41, 5.74) is 0.823. The first-order chi connectivity index (χ1) is 16.9. The van der Waals surface area contributed by atoms with Crippen LogP contribution in [0.15, 0.2) is 72.8 Å². The Balaban J connectivity index is 1.41. The first-order valence-corrected chi connectivity index (χ1v) is 10.7. The largest absolute Gasteiger partial charge is 0.494 e. The first-order valence-electron chi connectivity index (χ1n) is 10.7. The van der Waals surface area contributed by atoms with Crippen LogP contribution in [0.4, 0.5) is 5.69 Å². The molecule has 3 aromatic rings. The summed E-state index contributed by atoms with van der Waals surface area (Å²) in [6, 6.07) is 18.5. The van der Waals surface area contributed by atoms with Crippen LogP contribution in [0.1, 0.15) is 48.4 Å². The fourth-order valence-corrected chi connectivity index (χ4v) is 3.50. The lowest BCUT2D eigenvalue weighted by molar-refractivity contribution is -0.123. The van der Waals surface area contributed by atoms with Crippen molar-refractivity contribution >= 4 is 35.3 Å². The number of hydrogen-bond donors (Lipinski definition) is 1. The summed E-state index contributed by atoms with van der Waals surface area (Å²) in [5, 5.41) is 2.12. The number of nitrogens with one attached hydrogen (secondary N) is 1. The molecule has 0 atom stereocenters. The van der Waals surface area contributed by atoms with E-state index in [4.69, 9.17) is 9.47 Å². The Morgan fingerprint density at radius 1 is 0.829 bits per heavy atom. The summed E-state index contributed by atoms with van der Waals surface area (Å²) in [4.78, 5) is 63.2. The second kappa shape index (κ2) is 10.0. The minimum atomic E-state index is -0.880. The third-order valence-electron chi connectivity index (χ3n) is 5.15. The molecular weight excluding hydrogens is 452 g/mol. The van der Waals surface area contributed by atoms with E-state index >= 15 is 0 Å². The van der Waals surface area contributed by atoms with Gasteiger partial charge in [-0.1, -0.05) is 18.2 Å². The maximum atomic E-state index is 12.9. The Morgan fingerprint density at radius 3 is 2.20 bits per heavy atom. The predicted octanol–water partition coefficient (Wildman–Crippen LogP) is 3.00. The van der Waals surface area contributed by atoms with Crippen LogP contribution in [0.3, 0.4) is 0 Å². The topological polar surface area (TPSA) is 119 Å². The molecule has 3 aromatic carbocycles. The average molecular weight is 472 g/mol. The van der Waals surface area contributed by atoms with Crippen molar-refractivity contribution in [2.75, 3.05) is 18.1 Å². The molecule has 1 heterocycles. The van der Waals surface area contributed by atoms with Gasteiger partial charge in [0.1, 0.15) is 5.75 Å². The SMILES string of the molecule is CCOc1ccc(N2C(=O)c3ccc(C(=O)OCC(=O)NC(=O)c4ccccc4)cc3C2=O)cc1. The van der Waals surface area contributed by atoms with E-state index in [-0.39, 0.29) is 22.3 Å². The number of rotatable bonds is 7. The molecule has 1 aliphatic rings. The number of imide groups is 2. The van der Waals surface area contributed by atoms with E-state index in [0.29, 0.717) is 18.0 Å². The number of carbonyl (C=O) groups excluding carboxylic acids is 5. The van der Waals surface area contributed by atoms with Crippen molar-refractivity contribution in [2.45, 2.75) is 6.92 Å². The van der Waals surface area contributed by atoms with E-state index in [1.165, 1.54) is 30.3 Å². The lowest BCUT2D eigenvalue weighted by atomic mass is 10.1. The van der Waals surface area contributed by atoms with Crippen LogP contribution in [0.5, 0.6) is 5.75 Å². The summed E-state index contributed by atoms with van der Waals surface area (Å²) >= 11 is 0. The lowest BCUT2D eigenvalue weighted by Gasteiger charge is -2.14. The van der Waals surface area contributed by atoms with Gasteiger partial charge in [-0.25, -0.2) is 9.69 Å². The fourth-order valence-electron chi connectivity index (χ4n) is 3.50. The van der Waals surface area contributed by atoms with Gasteiger partial charge >= 0.3 is 5.97 Å². The minimum absolute atomic E-state index is 0.0133. The second-order valence-electron chi connectivity index (χ2n) is 7.45. The van der Waals surface area contributed by atoms with E-state index in [1.54, 1.807) is 42.5 Å². The van der Waals surface area contributed by atoms with Gasteiger partial charge in [0, 0.05) is 5.56 Å². The van der Waals surface area contributed by atoms with E-state index in [1.807, 2.05) is 6.92 Å². The molecule has 0 aliphatic carbocycles. The van der Waals surface area contributed by atoms with Crippen molar-refractivity contribution in [1.82, 2.24) is 5.32 Å². The number of benzene rings is 3. The van der Waals surface area contributed by atoms with Gasteiger partial charge in [0.2, 0.25) is 0 Å². The lowest BCUT2D eigenvalue weighted by Crippen LogP contribution is -2.34. The van der Waals surface area contributed by atoms with Gasteiger partial charge < -0.3 is 9.47 Å². The number of ether oxygens (including phenoxy) is 2. The van der Waals surface area contributed by atoms with Crippen molar-refractivity contribution in [2.24, 2.45) is 0 Å². The Kier molecular flexibility index (Phi) is 6.68. The van der Waals surface area contributed by atoms with Crippen LogP contribution in [-0.2, 0) is 9.53 Å². The maximum Gasteiger partial charge on any atom is 0.338 e. The van der Waals surface area contributed by atoms with E-state index in [9.17, 15) is 24.0 Å². The molecule has 9 heteroatoms. The smallest absolute Gasteiger partial charge is 0.338 e. The van der Waals surface area contributed by atoms with Crippen LogP contribution >= 0.6 is 0 Å². The third-order valence-corrected chi connectivity index (χ3v) is 5.15. The summed E-state index contributed by atoms with van der Waals surface area (Å²) in [6.45, 7) is 1.63. The zero-order chi connectivity index (χ0) is 24.9. The zero-order valence-electron chi connectivity index (χ0n) is 18.6. The molecule has 0 fully saturated rings. The van der Waals surface area contributed by atoms with E-state index in [2.05, 4.69) is 5.32 Å². The molecule has 0 saturated carbocycles. The molecule has 1 N–H and O–H groups in total. The summed E-state index contributed by atoms with van der Waals surface area (Å²) in [6.07, 6.45) is 0. The molecule has 35 heavy (non-hydrogen) atoms. The van der Waals surface area contributed by atoms with Crippen LogP contribution in [0.2, 0.25) is 0 Å². The van der Waals surface area contributed by atoms with Gasteiger partial charge in [0.05, 0.1) is 29.0 Å². The molecule has 1 aliphatic heterocycles. The molecule has 0 aromatic heterocycles. The van der Waals surface area contributed by atoms with Crippen LogP contribution in [-0.4, -0.2) is 42.8 Å². The minimum Gasteiger partial charge on any atom is -0.494 e. The summed E-state index contributed by atoms with van der Waals surface area (Å²) in [7, 11) is 0. The molecule has 9 nitrogen and oxygen atoms in total. The number of amides is 4. The maximum absolute atomic E-state index is 12.9. The van der Waals surface area contributed by atoms with Gasteiger partial charge in [-0.3, -0.25) is 24.5 Å². The highest BCUT2D eigenvalue weighted by Gasteiger charge is 2.37. The molecule has 0 saturated heterocycles. The molecule has 0 spiro atoms. The van der Waals surface area contributed by atoms with Crippen molar-refractivity contribution in [3.05, 3.63) is 95.1 Å². The summed E-state index contributed by atoms with van der Waals surface area (Å²) < 4.78 is 10.3. The molecule has 176 valence electrons. The number of esters is 1. The van der Waals surface area contributed by atoms with Crippen LogP contribution in [0, 0.1) is 0 Å². The third kappa shape index (κ3) is 4.93. The standard InChI is InChI=1S/C26H20N2O7/c1-2-34-19-11-9-18(10-12-19)28-24(31)20-13-8-17(14-21(20)25(28)32)26(33)35-15-22(29)27-23(30)16-6-4-3-5-7-16/h3-14H,2,15H2,1H3,(H,27,29,30). The van der Waals surface area contributed by atoms with Crippen LogP contribution in [0.25, 0.3) is 0 Å².